The number of thiophene rings is 1. The average molecular weight is 283 g/mol. The van der Waals surface area contributed by atoms with Crippen LogP contribution in [0.4, 0.5) is 0 Å². The van der Waals surface area contributed by atoms with Crippen LogP contribution in [0, 0.1) is 0 Å². The molecule has 2 heterocycles. The minimum absolute atomic E-state index is 0.0893. The zero-order chi connectivity index (χ0) is 13.2. The number of amides is 1. The molecule has 0 aromatic carbocycles. The molecule has 1 fully saturated rings. The summed E-state index contributed by atoms with van der Waals surface area (Å²) in [6, 6.07) is 1.81. The van der Waals surface area contributed by atoms with Crippen LogP contribution in [0.3, 0.4) is 0 Å². The van der Waals surface area contributed by atoms with Crippen LogP contribution >= 0.6 is 23.6 Å². The van der Waals surface area contributed by atoms with Crippen LogP contribution in [0.2, 0.25) is 0 Å². The van der Waals surface area contributed by atoms with Crippen molar-refractivity contribution in [3.63, 3.8) is 0 Å². The van der Waals surface area contributed by atoms with Crippen LogP contribution in [0.15, 0.2) is 16.8 Å². The van der Waals surface area contributed by atoms with Gasteiger partial charge in [0.25, 0.3) is 5.91 Å². The predicted molar refractivity (Wildman–Crippen MR) is 78.0 cm³/mol. The van der Waals surface area contributed by atoms with Gasteiger partial charge in [0.05, 0.1) is 16.1 Å². The molecule has 1 aliphatic rings. The van der Waals surface area contributed by atoms with Gasteiger partial charge >= 0.3 is 0 Å². The second-order valence-corrected chi connectivity index (χ2v) is 5.94. The molecule has 2 rings (SSSR count). The summed E-state index contributed by atoms with van der Waals surface area (Å²) in [5.41, 5.74) is 6.00. The fraction of sp³-hybridized carbons (Fsp3) is 0.500. The van der Waals surface area contributed by atoms with E-state index in [1.807, 2.05) is 16.8 Å². The van der Waals surface area contributed by atoms with Gasteiger partial charge in [-0.3, -0.25) is 4.79 Å². The summed E-state index contributed by atoms with van der Waals surface area (Å²) in [6.45, 7) is 1.78. The van der Waals surface area contributed by atoms with Crippen molar-refractivity contribution in [1.82, 2.24) is 10.2 Å². The number of rotatable bonds is 3. The van der Waals surface area contributed by atoms with Gasteiger partial charge in [0.1, 0.15) is 0 Å². The van der Waals surface area contributed by atoms with Gasteiger partial charge in [0, 0.05) is 18.5 Å². The maximum absolute atomic E-state index is 12.1. The monoisotopic (exact) mass is 283 g/mol. The van der Waals surface area contributed by atoms with Gasteiger partial charge in [-0.15, -0.1) is 0 Å². The Hall–Kier alpha value is -0.980. The smallest absolute Gasteiger partial charge is 0.252 e. The van der Waals surface area contributed by atoms with Crippen molar-refractivity contribution in [1.29, 1.82) is 0 Å². The minimum Gasteiger partial charge on any atom is -0.391 e. The molecule has 0 saturated carbocycles. The number of hydrogen-bond acceptors (Lipinski definition) is 4. The Morgan fingerprint density at radius 3 is 2.72 bits per heavy atom. The summed E-state index contributed by atoms with van der Waals surface area (Å²) in [5.74, 6) is -0.0893. The van der Waals surface area contributed by atoms with E-state index in [0.717, 1.165) is 25.9 Å². The Morgan fingerprint density at radius 1 is 1.56 bits per heavy atom. The number of thiocarbonyl (C=S) groups is 1. The number of likely N-dealkylation sites (tertiary alicyclic amines) is 1. The molecule has 3 N–H and O–H groups in total. The van der Waals surface area contributed by atoms with Crippen molar-refractivity contribution in [2.45, 2.75) is 18.4 Å². The number of carbonyl (C=O) groups excluding carboxylic acids is 1. The quantitative estimate of drug-likeness (QED) is 0.819. The Balaban J connectivity index is 2.12. The lowest BCUT2D eigenvalue weighted by molar-refractivity contribution is 0.0890. The molecule has 98 valence electrons. The Bertz CT molecular complexity index is 436. The molecule has 18 heavy (non-hydrogen) atoms. The molecule has 1 aromatic rings. The van der Waals surface area contributed by atoms with Crippen LogP contribution in [0.5, 0.6) is 0 Å². The van der Waals surface area contributed by atoms with Gasteiger partial charge in [-0.2, -0.15) is 11.3 Å². The topological polar surface area (TPSA) is 58.4 Å². The number of nitrogens with one attached hydrogen (secondary N) is 1. The molecule has 0 aliphatic carbocycles. The fourth-order valence-corrected chi connectivity index (χ4v) is 3.01. The van der Waals surface area contributed by atoms with Gasteiger partial charge in [-0.05, 0) is 31.3 Å². The summed E-state index contributed by atoms with van der Waals surface area (Å²) in [5, 5.41) is 6.75. The highest BCUT2D eigenvalue weighted by Crippen LogP contribution is 2.23. The van der Waals surface area contributed by atoms with Gasteiger partial charge in [-0.1, -0.05) is 12.2 Å². The van der Waals surface area contributed by atoms with Gasteiger partial charge in [-0.25, -0.2) is 0 Å². The molecule has 4 nitrogen and oxygen atoms in total. The SMILES string of the molecule is CN1CCC(NC(=O)c2ccsc2)(C(N)=S)CC1. The number of piperidine rings is 1. The molecule has 6 heteroatoms. The average Bonchev–Trinajstić information content (AvgIpc) is 2.85. The fourth-order valence-electron chi connectivity index (χ4n) is 2.12. The summed E-state index contributed by atoms with van der Waals surface area (Å²) < 4.78 is 0. The maximum Gasteiger partial charge on any atom is 0.252 e. The Labute approximate surface area is 116 Å². The van der Waals surface area contributed by atoms with Crippen LogP contribution in [0.25, 0.3) is 0 Å². The normalized spacial score (nSPS) is 19.4. The summed E-state index contributed by atoms with van der Waals surface area (Å²) in [4.78, 5) is 14.7. The van der Waals surface area contributed by atoms with Gasteiger partial charge < -0.3 is 16.0 Å². The first kappa shape index (κ1) is 13.5. The lowest BCUT2D eigenvalue weighted by atomic mass is 9.87. The molecule has 1 aromatic heterocycles. The van der Waals surface area contributed by atoms with Gasteiger partial charge in [0.15, 0.2) is 0 Å². The van der Waals surface area contributed by atoms with Crippen molar-refractivity contribution in [3.8, 4) is 0 Å². The molecule has 0 bridgehead atoms. The lowest BCUT2D eigenvalue weighted by Crippen LogP contribution is -2.61. The third-order valence-corrected chi connectivity index (χ3v) is 4.52. The van der Waals surface area contributed by atoms with Crippen molar-refractivity contribution in [3.05, 3.63) is 22.4 Å². The first-order chi connectivity index (χ1) is 8.53. The highest BCUT2D eigenvalue weighted by Gasteiger charge is 2.38. The van der Waals surface area contributed by atoms with E-state index in [0.29, 0.717) is 10.6 Å². The molecule has 0 atom stereocenters. The minimum atomic E-state index is -0.527. The third kappa shape index (κ3) is 2.71. The zero-order valence-corrected chi connectivity index (χ0v) is 11.9. The van der Waals surface area contributed by atoms with Crippen LogP contribution in [-0.2, 0) is 0 Å². The van der Waals surface area contributed by atoms with Crippen LogP contribution in [0.1, 0.15) is 23.2 Å². The third-order valence-electron chi connectivity index (χ3n) is 3.45. The number of carbonyl (C=O) groups is 1. The van der Waals surface area contributed by atoms with Crippen molar-refractivity contribution < 1.29 is 4.79 Å². The maximum atomic E-state index is 12.1. The van der Waals surface area contributed by atoms with Gasteiger partial charge in [0.2, 0.25) is 0 Å². The predicted octanol–water partition coefficient (Wildman–Crippen LogP) is 1.23. The van der Waals surface area contributed by atoms with E-state index in [2.05, 4.69) is 17.3 Å². The summed E-state index contributed by atoms with van der Waals surface area (Å²) >= 11 is 6.67. The zero-order valence-electron chi connectivity index (χ0n) is 10.3. The second-order valence-electron chi connectivity index (χ2n) is 4.72. The first-order valence-corrected chi connectivity index (χ1v) is 7.22. The van der Waals surface area contributed by atoms with E-state index in [4.69, 9.17) is 18.0 Å². The molecule has 1 amide bonds. The van der Waals surface area contributed by atoms with Crippen molar-refractivity contribution in [2.24, 2.45) is 5.73 Å². The Morgan fingerprint density at radius 2 is 2.22 bits per heavy atom. The van der Waals surface area contributed by atoms with Crippen LogP contribution < -0.4 is 11.1 Å². The molecular weight excluding hydrogens is 266 g/mol. The second kappa shape index (κ2) is 5.34. The van der Waals surface area contributed by atoms with E-state index >= 15 is 0 Å². The molecule has 1 aliphatic heterocycles. The van der Waals surface area contributed by atoms with E-state index in [1.165, 1.54) is 11.3 Å². The van der Waals surface area contributed by atoms with Crippen molar-refractivity contribution >= 4 is 34.5 Å². The van der Waals surface area contributed by atoms with E-state index < -0.39 is 5.54 Å². The number of nitrogens with two attached hydrogens (primary N) is 1. The van der Waals surface area contributed by atoms with E-state index in [-0.39, 0.29) is 5.91 Å². The molecule has 0 spiro atoms. The molecule has 0 radical (unpaired) electrons. The lowest BCUT2D eigenvalue weighted by Gasteiger charge is -2.40. The largest absolute Gasteiger partial charge is 0.391 e. The summed E-state index contributed by atoms with van der Waals surface area (Å²) in [6.07, 6.45) is 1.55. The van der Waals surface area contributed by atoms with Crippen LogP contribution in [-0.4, -0.2) is 41.5 Å². The molecular formula is C12H17N3OS2. The summed E-state index contributed by atoms with van der Waals surface area (Å²) in [7, 11) is 2.06. The van der Waals surface area contributed by atoms with E-state index in [1.54, 1.807) is 0 Å². The van der Waals surface area contributed by atoms with E-state index in [9.17, 15) is 4.79 Å². The van der Waals surface area contributed by atoms with Crippen molar-refractivity contribution in [2.75, 3.05) is 20.1 Å². The highest BCUT2D eigenvalue weighted by molar-refractivity contribution is 7.80. The number of nitrogens with zero attached hydrogens (tertiary/aromatic N) is 1. The number of hydrogen-bond donors (Lipinski definition) is 2. The highest BCUT2D eigenvalue weighted by atomic mass is 32.1. The molecule has 0 unspecified atom stereocenters. The standard InChI is InChI=1S/C12H17N3OS2/c1-15-5-3-12(4-6-15,11(13)17)14-10(16)9-2-7-18-8-9/h2,7-8H,3-6H2,1H3,(H2,13,17)(H,14,16). The molecule has 1 saturated heterocycles. The first-order valence-electron chi connectivity index (χ1n) is 5.87. The Kier molecular flexibility index (Phi) is 3.99.